The molecule has 2 amide bonds. The number of hydrogen-bond acceptors (Lipinski definition) is 7. The summed E-state index contributed by atoms with van der Waals surface area (Å²) in [5, 5.41) is 7.23. The van der Waals surface area contributed by atoms with Crippen LogP contribution in [0, 0.1) is 0 Å². The van der Waals surface area contributed by atoms with Crippen molar-refractivity contribution in [3.8, 4) is 5.88 Å². The molecule has 1 aromatic heterocycles. The van der Waals surface area contributed by atoms with Crippen molar-refractivity contribution < 1.29 is 28.6 Å². The standard InChI is InChI=1S/C28H31N3O6/c1-18(32)36-15-14-22-20-8-6-7-9-21(20)24(31-27(34)37-28(2,3)4)16-23(22)30-25(33)12-10-19-11-13-26(35-5)29-17-19/h6-13,16-17H,14-15H2,1-5H3,(H,30,33)(H,31,34)/b12-10+. The van der Waals surface area contributed by atoms with Gasteiger partial charge in [0.25, 0.3) is 0 Å². The number of rotatable bonds is 8. The van der Waals surface area contributed by atoms with Crippen LogP contribution in [0.1, 0.15) is 38.8 Å². The Morgan fingerprint density at radius 2 is 1.73 bits per heavy atom. The summed E-state index contributed by atoms with van der Waals surface area (Å²) in [4.78, 5) is 40.9. The Labute approximate surface area is 215 Å². The average Bonchev–Trinajstić information content (AvgIpc) is 2.83. The fraction of sp³-hybridized carbons (Fsp3) is 0.286. The minimum Gasteiger partial charge on any atom is -0.481 e. The number of esters is 1. The van der Waals surface area contributed by atoms with Crippen LogP contribution < -0.4 is 15.4 Å². The number of benzene rings is 2. The maximum atomic E-state index is 12.9. The smallest absolute Gasteiger partial charge is 0.412 e. The number of nitrogens with zero attached hydrogens (tertiary/aromatic N) is 1. The van der Waals surface area contributed by atoms with Gasteiger partial charge in [-0.1, -0.05) is 24.3 Å². The molecule has 0 fully saturated rings. The molecular weight excluding hydrogens is 474 g/mol. The Morgan fingerprint density at radius 3 is 2.35 bits per heavy atom. The highest BCUT2D eigenvalue weighted by atomic mass is 16.6. The maximum absolute atomic E-state index is 12.9. The molecule has 0 aliphatic carbocycles. The number of fused-ring (bicyclic) bond motifs is 1. The predicted octanol–water partition coefficient (Wildman–Crippen LogP) is 5.35. The summed E-state index contributed by atoms with van der Waals surface area (Å²) in [6.45, 7) is 6.80. The third kappa shape index (κ3) is 8.06. The van der Waals surface area contributed by atoms with E-state index in [9.17, 15) is 14.4 Å². The average molecular weight is 506 g/mol. The monoisotopic (exact) mass is 505 g/mol. The molecule has 0 radical (unpaired) electrons. The first kappa shape index (κ1) is 27.2. The number of carbonyl (C=O) groups excluding carboxylic acids is 3. The first-order valence-electron chi connectivity index (χ1n) is 11.7. The number of anilines is 2. The Kier molecular flexibility index (Phi) is 8.84. The Bertz CT molecular complexity index is 1310. The van der Waals surface area contributed by atoms with Gasteiger partial charge in [0.15, 0.2) is 0 Å². The highest BCUT2D eigenvalue weighted by Crippen LogP contribution is 2.34. The number of amides is 2. The van der Waals surface area contributed by atoms with Crippen LogP contribution in [0.15, 0.2) is 54.7 Å². The fourth-order valence-corrected chi connectivity index (χ4v) is 3.59. The van der Waals surface area contributed by atoms with Crippen LogP contribution in [0.4, 0.5) is 16.2 Å². The molecule has 9 nitrogen and oxygen atoms in total. The van der Waals surface area contributed by atoms with Crippen molar-refractivity contribution in [1.29, 1.82) is 0 Å². The number of hydrogen-bond donors (Lipinski definition) is 2. The molecular formula is C28H31N3O6. The molecule has 9 heteroatoms. The summed E-state index contributed by atoms with van der Waals surface area (Å²) < 4.78 is 15.6. The van der Waals surface area contributed by atoms with Gasteiger partial charge in [-0.25, -0.2) is 9.78 Å². The third-order valence-corrected chi connectivity index (χ3v) is 5.10. The minimum absolute atomic E-state index is 0.133. The highest BCUT2D eigenvalue weighted by Gasteiger charge is 2.19. The molecule has 0 unspecified atom stereocenters. The van der Waals surface area contributed by atoms with E-state index in [-0.39, 0.29) is 12.5 Å². The number of methoxy groups -OCH3 is 1. The first-order valence-corrected chi connectivity index (χ1v) is 11.7. The second kappa shape index (κ2) is 12.0. The number of aromatic nitrogens is 1. The summed E-state index contributed by atoms with van der Waals surface area (Å²) >= 11 is 0. The molecule has 0 aliphatic heterocycles. The van der Waals surface area contributed by atoms with Crippen LogP contribution in [0.2, 0.25) is 0 Å². The van der Waals surface area contributed by atoms with Gasteiger partial charge in [0.2, 0.25) is 11.8 Å². The van der Waals surface area contributed by atoms with E-state index < -0.39 is 17.7 Å². The maximum Gasteiger partial charge on any atom is 0.412 e. The van der Waals surface area contributed by atoms with Gasteiger partial charge in [-0.3, -0.25) is 14.9 Å². The van der Waals surface area contributed by atoms with Gasteiger partial charge >= 0.3 is 12.1 Å². The van der Waals surface area contributed by atoms with Gasteiger partial charge in [0, 0.05) is 42.8 Å². The van der Waals surface area contributed by atoms with Gasteiger partial charge in [0.05, 0.1) is 19.4 Å². The molecule has 2 aromatic carbocycles. The molecule has 0 saturated carbocycles. The minimum atomic E-state index is -0.679. The van der Waals surface area contributed by atoms with Gasteiger partial charge < -0.3 is 19.5 Å². The van der Waals surface area contributed by atoms with E-state index >= 15 is 0 Å². The van der Waals surface area contributed by atoms with Gasteiger partial charge in [-0.15, -0.1) is 0 Å². The lowest BCUT2D eigenvalue weighted by Crippen LogP contribution is -2.27. The number of pyridine rings is 1. The zero-order valence-corrected chi connectivity index (χ0v) is 21.6. The summed E-state index contributed by atoms with van der Waals surface area (Å²) in [6, 6.07) is 12.6. The van der Waals surface area contributed by atoms with E-state index in [4.69, 9.17) is 14.2 Å². The van der Waals surface area contributed by atoms with Crippen molar-refractivity contribution in [1.82, 2.24) is 4.98 Å². The summed E-state index contributed by atoms with van der Waals surface area (Å²) in [5.41, 5.74) is 1.75. The molecule has 0 saturated heterocycles. The van der Waals surface area contributed by atoms with Crippen molar-refractivity contribution in [2.24, 2.45) is 0 Å². The molecule has 1 heterocycles. The number of nitrogens with one attached hydrogen (secondary N) is 2. The Balaban J connectivity index is 1.95. The van der Waals surface area contributed by atoms with Crippen LogP contribution in [0.3, 0.4) is 0 Å². The quantitative estimate of drug-likeness (QED) is 0.313. The lowest BCUT2D eigenvalue weighted by Gasteiger charge is -2.21. The van der Waals surface area contributed by atoms with Crippen LogP contribution >= 0.6 is 0 Å². The summed E-state index contributed by atoms with van der Waals surface area (Å²) in [5.74, 6) is -0.308. The van der Waals surface area contributed by atoms with E-state index in [1.807, 2.05) is 24.3 Å². The number of ether oxygens (including phenoxy) is 3. The number of carbonyl (C=O) groups is 3. The Morgan fingerprint density at radius 1 is 1.00 bits per heavy atom. The second-order valence-electron chi connectivity index (χ2n) is 9.17. The van der Waals surface area contributed by atoms with E-state index in [1.54, 1.807) is 51.2 Å². The molecule has 3 rings (SSSR count). The summed E-state index contributed by atoms with van der Waals surface area (Å²) in [7, 11) is 1.53. The highest BCUT2D eigenvalue weighted by molar-refractivity contribution is 6.08. The molecule has 37 heavy (non-hydrogen) atoms. The van der Waals surface area contributed by atoms with Crippen LogP contribution in [-0.4, -0.2) is 42.3 Å². The lowest BCUT2D eigenvalue weighted by atomic mass is 9.98. The normalized spacial score (nSPS) is 11.3. The fourth-order valence-electron chi connectivity index (χ4n) is 3.59. The van der Waals surface area contributed by atoms with E-state index in [2.05, 4.69) is 15.6 Å². The zero-order chi connectivity index (χ0) is 27.0. The predicted molar refractivity (Wildman–Crippen MR) is 143 cm³/mol. The van der Waals surface area contributed by atoms with Crippen molar-refractivity contribution >= 4 is 46.2 Å². The van der Waals surface area contributed by atoms with Crippen molar-refractivity contribution in [2.45, 2.75) is 39.7 Å². The first-order chi connectivity index (χ1) is 17.6. The summed E-state index contributed by atoms with van der Waals surface area (Å²) in [6.07, 6.45) is 4.34. The second-order valence-corrected chi connectivity index (χ2v) is 9.17. The zero-order valence-electron chi connectivity index (χ0n) is 21.6. The molecule has 0 aliphatic rings. The van der Waals surface area contributed by atoms with Crippen molar-refractivity contribution in [2.75, 3.05) is 24.4 Å². The lowest BCUT2D eigenvalue weighted by molar-refractivity contribution is -0.140. The van der Waals surface area contributed by atoms with Gasteiger partial charge in [0.1, 0.15) is 5.60 Å². The third-order valence-electron chi connectivity index (χ3n) is 5.10. The van der Waals surface area contributed by atoms with Gasteiger partial charge in [-0.2, -0.15) is 0 Å². The van der Waals surface area contributed by atoms with Crippen LogP contribution in [0.25, 0.3) is 16.8 Å². The van der Waals surface area contributed by atoms with Crippen molar-refractivity contribution in [3.05, 3.63) is 65.9 Å². The molecule has 0 bridgehead atoms. The Hall–Kier alpha value is -4.40. The molecule has 2 N–H and O–H groups in total. The molecule has 194 valence electrons. The van der Waals surface area contributed by atoms with Gasteiger partial charge in [-0.05, 0) is 55.5 Å². The van der Waals surface area contributed by atoms with E-state index in [1.165, 1.54) is 20.1 Å². The molecule has 0 atom stereocenters. The van der Waals surface area contributed by atoms with E-state index in [0.717, 1.165) is 21.9 Å². The molecule has 0 spiro atoms. The van der Waals surface area contributed by atoms with Crippen LogP contribution in [0.5, 0.6) is 5.88 Å². The largest absolute Gasteiger partial charge is 0.481 e. The van der Waals surface area contributed by atoms with Crippen LogP contribution in [-0.2, 0) is 25.5 Å². The van der Waals surface area contributed by atoms with Crippen molar-refractivity contribution in [3.63, 3.8) is 0 Å². The SMILES string of the molecule is COc1ccc(/C=C/C(=O)Nc2cc(NC(=O)OC(C)(C)C)c3ccccc3c2CCOC(C)=O)cn1. The topological polar surface area (TPSA) is 116 Å². The molecule has 3 aromatic rings. The van der Waals surface area contributed by atoms with E-state index in [0.29, 0.717) is 23.7 Å².